The van der Waals surface area contributed by atoms with Gasteiger partial charge < -0.3 is 9.80 Å². The fourth-order valence-electron chi connectivity index (χ4n) is 2.45. The average molecular weight is 309 g/mol. The molecule has 1 aliphatic rings. The van der Waals surface area contributed by atoms with E-state index in [1.165, 1.54) is 0 Å². The zero-order valence-electron chi connectivity index (χ0n) is 11.1. The lowest BCUT2D eigenvalue weighted by molar-refractivity contribution is 0.112. The molecular formula is C14H13F2N3OS. The van der Waals surface area contributed by atoms with Crippen molar-refractivity contribution in [2.75, 3.05) is 36.0 Å². The van der Waals surface area contributed by atoms with Crippen LogP contribution in [0.15, 0.2) is 23.7 Å². The van der Waals surface area contributed by atoms with Crippen LogP contribution in [0.5, 0.6) is 0 Å². The normalized spacial score (nSPS) is 15.3. The molecule has 1 aromatic carbocycles. The summed E-state index contributed by atoms with van der Waals surface area (Å²) in [6.07, 6.45) is 2.18. The van der Waals surface area contributed by atoms with Crippen molar-refractivity contribution < 1.29 is 13.6 Å². The average Bonchev–Trinajstić information content (AvgIpc) is 3.01. The van der Waals surface area contributed by atoms with Crippen molar-refractivity contribution in [2.24, 2.45) is 0 Å². The van der Waals surface area contributed by atoms with Gasteiger partial charge in [0.1, 0.15) is 23.6 Å². The number of nitrogens with zero attached hydrogens (tertiary/aromatic N) is 3. The van der Waals surface area contributed by atoms with E-state index in [9.17, 15) is 13.6 Å². The fraction of sp³-hybridized carbons (Fsp3) is 0.286. The summed E-state index contributed by atoms with van der Waals surface area (Å²) in [6.45, 7) is 2.32. The maximum atomic E-state index is 14.0. The van der Waals surface area contributed by atoms with Crippen LogP contribution in [-0.2, 0) is 0 Å². The molecule has 3 rings (SSSR count). The Morgan fingerprint density at radius 2 is 1.71 bits per heavy atom. The van der Waals surface area contributed by atoms with Gasteiger partial charge >= 0.3 is 0 Å². The first-order valence-electron chi connectivity index (χ1n) is 6.52. The monoisotopic (exact) mass is 309 g/mol. The largest absolute Gasteiger partial charge is 0.363 e. The molecule has 0 radical (unpaired) electrons. The lowest BCUT2D eigenvalue weighted by Gasteiger charge is -2.36. The van der Waals surface area contributed by atoms with Crippen molar-refractivity contribution in [2.45, 2.75) is 0 Å². The maximum absolute atomic E-state index is 14.0. The van der Waals surface area contributed by atoms with Crippen LogP contribution in [0.4, 0.5) is 19.6 Å². The number of benzene rings is 1. The van der Waals surface area contributed by atoms with Gasteiger partial charge in [0.2, 0.25) is 0 Å². The van der Waals surface area contributed by atoms with Crippen molar-refractivity contribution in [1.29, 1.82) is 0 Å². The minimum Gasteiger partial charge on any atom is -0.363 e. The number of halogens is 2. The summed E-state index contributed by atoms with van der Waals surface area (Å²) in [6, 6.07) is 2.14. The van der Waals surface area contributed by atoms with Crippen molar-refractivity contribution in [1.82, 2.24) is 4.98 Å². The second-order valence-electron chi connectivity index (χ2n) is 4.74. The fourth-order valence-corrected chi connectivity index (χ4v) is 3.15. The van der Waals surface area contributed by atoms with Gasteiger partial charge in [-0.3, -0.25) is 4.79 Å². The van der Waals surface area contributed by atoms with E-state index in [1.54, 1.807) is 22.4 Å². The third kappa shape index (κ3) is 2.73. The predicted octanol–water partition coefficient (Wildman–Crippen LogP) is 2.56. The van der Waals surface area contributed by atoms with Crippen molar-refractivity contribution in [3.63, 3.8) is 0 Å². The molecule has 7 heteroatoms. The topological polar surface area (TPSA) is 36.4 Å². The quantitative estimate of drug-likeness (QED) is 0.817. The molecule has 0 bridgehead atoms. The first-order valence-corrected chi connectivity index (χ1v) is 7.40. The smallest absolute Gasteiger partial charge is 0.185 e. The van der Waals surface area contributed by atoms with Crippen LogP contribution in [0.2, 0.25) is 0 Å². The summed E-state index contributed by atoms with van der Waals surface area (Å²) in [5.41, 5.74) is -0.0467. The number of carbonyl (C=O) groups excluding carboxylic acids is 1. The molecule has 4 nitrogen and oxygen atoms in total. The van der Waals surface area contributed by atoms with Crippen LogP contribution < -0.4 is 9.80 Å². The van der Waals surface area contributed by atoms with Gasteiger partial charge in [0, 0.05) is 43.3 Å². The van der Waals surface area contributed by atoms with E-state index in [4.69, 9.17) is 0 Å². The van der Waals surface area contributed by atoms with Gasteiger partial charge in [-0.2, -0.15) is 0 Å². The zero-order chi connectivity index (χ0) is 14.8. The molecule has 0 unspecified atom stereocenters. The van der Waals surface area contributed by atoms with E-state index >= 15 is 0 Å². The number of aromatic nitrogens is 1. The minimum absolute atomic E-state index is 0.00942. The highest BCUT2D eigenvalue weighted by molar-refractivity contribution is 7.13. The molecule has 110 valence electrons. The Hall–Kier alpha value is -2.02. The molecule has 2 heterocycles. The maximum Gasteiger partial charge on any atom is 0.185 e. The molecule has 0 aliphatic carbocycles. The van der Waals surface area contributed by atoms with Crippen molar-refractivity contribution >= 4 is 28.4 Å². The highest BCUT2D eigenvalue weighted by atomic mass is 32.1. The van der Waals surface area contributed by atoms with E-state index in [1.807, 2.05) is 5.38 Å². The molecule has 1 aliphatic heterocycles. The van der Waals surface area contributed by atoms with Gasteiger partial charge in [0.25, 0.3) is 0 Å². The number of rotatable bonds is 3. The van der Waals surface area contributed by atoms with Crippen molar-refractivity contribution in [3.05, 3.63) is 40.9 Å². The number of hydrogen-bond acceptors (Lipinski definition) is 5. The van der Waals surface area contributed by atoms with Gasteiger partial charge in [0.15, 0.2) is 5.13 Å². The molecule has 21 heavy (non-hydrogen) atoms. The Morgan fingerprint density at radius 1 is 1.10 bits per heavy atom. The summed E-state index contributed by atoms with van der Waals surface area (Å²) in [5, 5.41) is 2.83. The van der Waals surface area contributed by atoms with Crippen LogP contribution in [0.25, 0.3) is 0 Å². The molecule has 1 fully saturated rings. The van der Waals surface area contributed by atoms with Gasteiger partial charge in [-0.1, -0.05) is 0 Å². The summed E-state index contributed by atoms with van der Waals surface area (Å²) < 4.78 is 28.0. The second-order valence-corrected chi connectivity index (χ2v) is 5.61. The number of hydrogen-bond donors (Lipinski definition) is 0. The molecule has 2 aromatic rings. The SMILES string of the molecule is O=Cc1cc(F)c(N2CCN(c3nccs3)CC2)c(F)c1. The van der Waals surface area contributed by atoms with E-state index < -0.39 is 11.6 Å². The third-order valence-electron chi connectivity index (χ3n) is 3.46. The highest BCUT2D eigenvalue weighted by Gasteiger charge is 2.23. The molecule has 0 amide bonds. The number of piperazine rings is 1. The van der Waals surface area contributed by atoms with Crippen LogP contribution in [0.1, 0.15) is 10.4 Å². The second kappa shape index (κ2) is 5.77. The highest BCUT2D eigenvalue weighted by Crippen LogP contribution is 2.27. The molecule has 0 N–H and O–H groups in total. The summed E-state index contributed by atoms with van der Waals surface area (Å²) in [5.74, 6) is -1.39. The number of thiazole rings is 1. The van der Waals surface area contributed by atoms with Crippen LogP contribution in [0, 0.1) is 11.6 Å². The Balaban J connectivity index is 1.77. The molecule has 0 saturated carbocycles. The zero-order valence-corrected chi connectivity index (χ0v) is 11.9. The molecular weight excluding hydrogens is 296 g/mol. The summed E-state index contributed by atoms with van der Waals surface area (Å²) in [7, 11) is 0. The van der Waals surface area contributed by atoms with E-state index in [0.717, 1.165) is 17.3 Å². The predicted molar refractivity (Wildman–Crippen MR) is 78.3 cm³/mol. The third-order valence-corrected chi connectivity index (χ3v) is 4.29. The lowest BCUT2D eigenvalue weighted by Crippen LogP contribution is -2.47. The Bertz CT molecular complexity index is 617. The number of anilines is 2. The van der Waals surface area contributed by atoms with Crippen LogP contribution in [-0.4, -0.2) is 37.4 Å². The molecule has 0 atom stereocenters. The van der Waals surface area contributed by atoms with Crippen LogP contribution in [0.3, 0.4) is 0 Å². The van der Waals surface area contributed by atoms with E-state index in [0.29, 0.717) is 32.5 Å². The molecule has 1 aromatic heterocycles. The molecule has 0 spiro atoms. The Morgan fingerprint density at radius 3 is 2.24 bits per heavy atom. The molecule has 1 saturated heterocycles. The summed E-state index contributed by atoms with van der Waals surface area (Å²) in [4.78, 5) is 18.6. The van der Waals surface area contributed by atoms with Crippen molar-refractivity contribution in [3.8, 4) is 0 Å². The van der Waals surface area contributed by atoms with Gasteiger partial charge in [-0.05, 0) is 12.1 Å². The standard InChI is InChI=1S/C14H13F2N3OS/c15-11-7-10(9-20)8-12(16)13(11)18-2-4-19(5-3-18)14-17-1-6-21-14/h1,6-9H,2-5H2. The number of carbonyl (C=O) groups is 1. The minimum atomic E-state index is -0.695. The first kappa shape index (κ1) is 13.9. The van der Waals surface area contributed by atoms with Gasteiger partial charge in [-0.25, -0.2) is 13.8 Å². The number of aldehydes is 1. The lowest BCUT2D eigenvalue weighted by atomic mass is 10.1. The van der Waals surface area contributed by atoms with Gasteiger partial charge in [-0.15, -0.1) is 11.3 Å². The summed E-state index contributed by atoms with van der Waals surface area (Å²) >= 11 is 1.55. The van der Waals surface area contributed by atoms with Gasteiger partial charge in [0.05, 0.1) is 0 Å². The Labute approximate surface area is 124 Å². The van der Waals surface area contributed by atoms with Crippen LogP contribution >= 0.6 is 11.3 Å². The van der Waals surface area contributed by atoms with E-state index in [-0.39, 0.29) is 11.3 Å². The first-order chi connectivity index (χ1) is 10.2. The Kier molecular flexibility index (Phi) is 3.83. The van der Waals surface area contributed by atoms with E-state index in [2.05, 4.69) is 9.88 Å².